The molecule has 0 aliphatic rings. The molecule has 0 aliphatic heterocycles. The minimum absolute atomic E-state index is 0.00936. The van der Waals surface area contributed by atoms with Gasteiger partial charge in [-0.2, -0.15) is 0 Å². The van der Waals surface area contributed by atoms with Crippen molar-refractivity contribution in [3.05, 3.63) is 0 Å². The molecule has 11 heavy (non-hydrogen) atoms. The van der Waals surface area contributed by atoms with E-state index < -0.39 is 6.41 Å². The highest BCUT2D eigenvalue weighted by molar-refractivity contribution is 4.59. The van der Waals surface area contributed by atoms with Crippen LogP contribution in [0.3, 0.4) is 0 Å². The molecule has 1 atom stereocenters. The first-order chi connectivity index (χ1) is 4.95. The zero-order chi connectivity index (χ0) is 8.91. The third-order valence-electron chi connectivity index (χ3n) is 0.896. The first kappa shape index (κ1) is 10.8. The van der Waals surface area contributed by atoms with Crippen LogP contribution in [0.5, 0.6) is 0 Å². The van der Waals surface area contributed by atoms with Crippen LogP contribution in [0.15, 0.2) is 0 Å². The lowest BCUT2D eigenvalue weighted by Gasteiger charge is -2.24. The third-order valence-corrected chi connectivity index (χ3v) is 0.896. The van der Waals surface area contributed by atoms with Crippen molar-refractivity contribution >= 4 is 0 Å². The molecule has 0 aromatic carbocycles. The number of ether oxygens (including phenoxy) is 1. The van der Waals surface area contributed by atoms with Gasteiger partial charge in [-0.3, -0.25) is 5.32 Å². The molecule has 0 aromatic heterocycles. The molecule has 0 heterocycles. The molecule has 0 rings (SSSR count). The Morgan fingerprint density at radius 3 is 2.36 bits per heavy atom. The number of aliphatic hydroxyl groups excluding tert-OH is 2. The second-order valence-electron chi connectivity index (χ2n) is 3.26. The summed E-state index contributed by atoms with van der Waals surface area (Å²) in [5.41, 5.74) is -0.373. The maximum atomic E-state index is 9.07. The maximum Gasteiger partial charge on any atom is 0.214 e. The standard InChI is InChI=1S/C7H17NO3/c1-7(2,3)11-6(10)8-4-5-9/h6,8-10H,4-5H2,1-3H3. The fraction of sp³-hybridized carbons (Fsp3) is 1.00. The van der Waals surface area contributed by atoms with Crippen molar-refractivity contribution in [3.8, 4) is 0 Å². The molecule has 0 saturated heterocycles. The Bertz CT molecular complexity index is 100. The SMILES string of the molecule is CC(C)(C)OC(O)NCCO. The molecule has 1 unspecified atom stereocenters. The minimum atomic E-state index is -0.998. The summed E-state index contributed by atoms with van der Waals surface area (Å²) in [6.07, 6.45) is -0.998. The van der Waals surface area contributed by atoms with Gasteiger partial charge in [0.1, 0.15) is 0 Å². The molecule has 0 spiro atoms. The van der Waals surface area contributed by atoms with Crippen LogP contribution in [0.4, 0.5) is 0 Å². The van der Waals surface area contributed by atoms with E-state index in [0.717, 1.165) is 0 Å². The molecule has 0 aromatic rings. The Morgan fingerprint density at radius 2 is 2.00 bits per heavy atom. The van der Waals surface area contributed by atoms with Gasteiger partial charge in [-0.25, -0.2) is 0 Å². The number of hydrogen-bond donors (Lipinski definition) is 3. The summed E-state index contributed by atoms with van der Waals surface area (Å²) in [6, 6.07) is 0. The molecule has 0 aliphatic carbocycles. The van der Waals surface area contributed by atoms with Crippen molar-refractivity contribution in [2.24, 2.45) is 0 Å². The lowest BCUT2D eigenvalue weighted by molar-refractivity contribution is -0.181. The normalized spacial score (nSPS) is 15.0. The molecular formula is C7H17NO3. The van der Waals surface area contributed by atoms with Gasteiger partial charge >= 0.3 is 0 Å². The highest BCUT2D eigenvalue weighted by Crippen LogP contribution is 2.07. The fourth-order valence-corrected chi connectivity index (χ4v) is 0.565. The average Bonchev–Trinajstić information content (AvgIpc) is 1.79. The quantitative estimate of drug-likeness (QED) is 0.496. The van der Waals surface area contributed by atoms with Gasteiger partial charge in [0.2, 0.25) is 6.41 Å². The largest absolute Gasteiger partial charge is 0.395 e. The van der Waals surface area contributed by atoms with Crippen LogP contribution in [0, 0.1) is 0 Å². The predicted octanol–water partition coefficient (Wildman–Crippen LogP) is -0.341. The molecule has 0 bridgehead atoms. The smallest absolute Gasteiger partial charge is 0.214 e. The maximum absolute atomic E-state index is 9.07. The zero-order valence-electron chi connectivity index (χ0n) is 7.29. The van der Waals surface area contributed by atoms with Crippen molar-refractivity contribution in [1.29, 1.82) is 0 Å². The monoisotopic (exact) mass is 163 g/mol. The van der Waals surface area contributed by atoms with Gasteiger partial charge in [0.25, 0.3) is 0 Å². The summed E-state index contributed by atoms with van der Waals surface area (Å²) >= 11 is 0. The van der Waals surface area contributed by atoms with E-state index in [9.17, 15) is 0 Å². The van der Waals surface area contributed by atoms with Crippen LogP contribution >= 0.6 is 0 Å². The Labute approximate surface area is 67.2 Å². The van der Waals surface area contributed by atoms with Gasteiger partial charge < -0.3 is 14.9 Å². The molecule has 4 heteroatoms. The van der Waals surface area contributed by atoms with E-state index in [2.05, 4.69) is 5.32 Å². The number of hydrogen-bond acceptors (Lipinski definition) is 4. The first-order valence-corrected chi connectivity index (χ1v) is 3.66. The van der Waals surface area contributed by atoms with Gasteiger partial charge in [-0.15, -0.1) is 0 Å². The van der Waals surface area contributed by atoms with Gasteiger partial charge in [0.15, 0.2) is 0 Å². The van der Waals surface area contributed by atoms with Gasteiger partial charge in [0, 0.05) is 6.54 Å². The highest BCUT2D eigenvalue weighted by Gasteiger charge is 2.15. The van der Waals surface area contributed by atoms with Gasteiger partial charge in [-0.1, -0.05) is 0 Å². The summed E-state index contributed by atoms with van der Waals surface area (Å²) in [4.78, 5) is 0. The lowest BCUT2D eigenvalue weighted by Crippen LogP contribution is -2.39. The minimum Gasteiger partial charge on any atom is -0.395 e. The number of nitrogens with one attached hydrogen (secondary N) is 1. The topological polar surface area (TPSA) is 61.7 Å². The van der Waals surface area contributed by atoms with Crippen LogP contribution in [0.25, 0.3) is 0 Å². The molecule has 68 valence electrons. The van der Waals surface area contributed by atoms with Crippen molar-refractivity contribution in [2.75, 3.05) is 13.2 Å². The van der Waals surface area contributed by atoms with Crippen LogP contribution in [0.2, 0.25) is 0 Å². The first-order valence-electron chi connectivity index (χ1n) is 3.66. The van der Waals surface area contributed by atoms with E-state index in [4.69, 9.17) is 14.9 Å². The van der Waals surface area contributed by atoms with Crippen LogP contribution in [-0.2, 0) is 4.74 Å². The molecule has 0 amide bonds. The van der Waals surface area contributed by atoms with Crippen molar-refractivity contribution in [1.82, 2.24) is 5.32 Å². The molecule has 3 N–H and O–H groups in total. The molecule has 0 radical (unpaired) electrons. The predicted molar refractivity (Wildman–Crippen MR) is 41.9 cm³/mol. The Kier molecular flexibility index (Phi) is 4.60. The second-order valence-corrected chi connectivity index (χ2v) is 3.26. The summed E-state index contributed by atoms with van der Waals surface area (Å²) < 4.78 is 5.07. The van der Waals surface area contributed by atoms with Crippen molar-refractivity contribution in [3.63, 3.8) is 0 Å². The van der Waals surface area contributed by atoms with Crippen molar-refractivity contribution in [2.45, 2.75) is 32.8 Å². The summed E-state index contributed by atoms with van der Waals surface area (Å²) in [6.45, 7) is 5.85. The van der Waals surface area contributed by atoms with E-state index in [0.29, 0.717) is 6.54 Å². The Morgan fingerprint density at radius 1 is 1.45 bits per heavy atom. The third kappa shape index (κ3) is 7.74. The zero-order valence-corrected chi connectivity index (χ0v) is 7.29. The number of aliphatic hydroxyl groups is 2. The van der Waals surface area contributed by atoms with Crippen LogP contribution in [-0.4, -0.2) is 35.4 Å². The molecular weight excluding hydrogens is 146 g/mol. The summed E-state index contributed by atoms with van der Waals surface area (Å²) in [7, 11) is 0. The van der Waals surface area contributed by atoms with Crippen LogP contribution < -0.4 is 5.32 Å². The van der Waals surface area contributed by atoms with E-state index >= 15 is 0 Å². The molecule has 4 nitrogen and oxygen atoms in total. The lowest BCUT2D eigenvalue weighted by atomic mass is 10.2. The van der Waals surface area contributed by atoms with Crippen LogP contribution in [0.1, 0.15) is 20.8 Å². The highest BCUT2D eigenvalue weighted by atomic mass is 16.6. The van der Waals surface area contributed by atoms with E-state index in [1.54, 1.807) is 0 Å². The summed E-state index contributed by atoms with van der Waals surface area (Å²) in [5.74, 6) is 0. The molecule has 0 saturated carbocycles. The van der Waals surface area contributed by atoms with E-state index in [1.807, 2.05) is 20.8 Å². The second kappa shape index (κ2) is 4.66. The Hall–Kier alpha value is -0.160. The average molecular weight is 163 g/mol. The molecule has 0 fully saturated rings. The fourth-order valence-electron chi connectivity index (χ4n) is 0.565. The Balaban J connectivity index is 3.44. The number of rotatable bonds is 4. The van der Waals surface area contributed by atoms with Gasteiger partial charge in [-0.05, 0) is 20.8 Å². The van der Waals surface area contributed by atoms with E-state index in [-0.39, 0.29) is 12.2 Å². The van der Waals surface area contributed by atoms with Crippen molar-refractivity contribution < 1.29 is 14.9 Å². The van der Waals surface area contributed by atoms with Gasteiger partial charge in [0.05, 0.1) is 12.2 Å². The summed E-state index contributed by atoms with van der Waals surface area (Å²) in [5, 5.41) is 20.0. The van der Waals surface area contributed by atoms with E-state index in [1.165, 1.54) is 0 Å².